The molecule has 7 heteroatoms. The van der Waals surface area contributed by atoms with Gasteiger partial charge in [0.05, 0.1) is 18.2 Å². The lowest BCUT2D eigenvalue weighted by Gasteiger charge is -2.40. The van der Waals surface area contributed by atoms with Gasteiger partial charge in [0.1, 0.15) is 17.7 Å². The SMILES string of the molecule is CC1C(=O)N(C)c2ccc(N3C(=O)c4ccccc4C3C3C#CCC(F)=CC3)nc2N1C1CC1. The van der Waals surface area contributed by atoms with E-state index in [1.165, 1.54) is 0 Å². The molecule has 0 N–H and O–H groups in total. The van der Waals surface area contributed by atoms with Gasteiger partial charge in [0.15, 0.2) is 5.82 Å². The van der Waals surface area contributed by atoms with E-state index in [-0.39, 0.29) is 48.1 Å². The highest BCUT2D eigenvalue weighted by Crippen LogP contribution is 2.46. The maximum Gasteiger partial charge on any atom is 0.260 e. The van der Waals surface area contributed by atoms with E-state index < -0.39 is 0 Å². The predicted molar refractivity (Wildman–Crippen MR) is 128 cm³/mol. The summed E-state index contributed by atoms with van der Waals surface area (Å²) in [5, 5.41) is 0. The fourth-order valence-electron chi connectivity index (χ4n) is 5.41. The van der Waals surface area contributed by atoms with Crippen molar-refractivity contribution in [2.24, 2.45) is 5.92 Å². The standard InChI is InChI=1S/C27H25FN4O2/c1-16-26(33)30(2)22-14-15-23(29-25(22)31(16)19-12-13-19)32-24(17-6-5-7-18(28)11-10-17)20-8-3-4-9-21(20)27(32)34/h3-4,8-9,11,14-17,19,24H,7,10,12-13H2,1-2H3. The van der Waals surface area contributed by atoms with E-state index in [4.69, 9.17) is 4.98 Å². The van der Waals surface area contributed by atoms with Gasteiger partial charge in [0, 0.05) is 24.6 Å². The molecule has 3 atom stereocenters. The summed E-state index contributed by atoms with van der Waals surface area (Å²) in [4.78, 5) is 36.9. The van der Waals surface area contributed by atoms with Gasteiger partial charge in [-0.1, -0.05) is 36.1 Å². The van der Waals surface area contributed by atoms with Crippen LogP contribution in [0.15, 0.2) is 48.3 Å². The number of pyridine rings is 1. The van der Waals surface area contributed by atoms with E-state index in [2.05, 4.69) is 16.7 Å². The van der Waals surface area contributed by atoms with Crippen molar-refractivity contribution in [3.63, 3.8) is 0 Å². The van der Waals surface area contributed by atoms with Crippen LogP contribution in [0, 0.1) is 17.8 Å². The van der Waals surface area contributed by atoms with Crippen molar-refractivity contribution in [2.75, 3.05) is 21.7 Å². The fraction of sp³-hybridized carbons (Fsp3) is 0.370. The van der Waals surface area contributed by atoms with Crippen molar-refractivity contribution in [3.05, 3.63) is 59.4 Å². The second kappa shape index (κ2) is 7.69. The number of fused-ring (bicyclic) bond motifs is 2. The normalized spacial score (nSPS) is 25.9. The van der Waals surface area contributed by atoms with Crippen LogP contribution in [0.2, 0.25) is 0 Å². The number of carbonyl (C=O) groups is 2. The molecule has 1 aromatic carbocycles. The summed E-state index contributed by atoms with van der Waals surface area (Å²) >= 11 is 0. The highest BCUT2D eigenvalue weighted by molar-refractivity contribution is 6.11. The third kappa shape index (κ3) is 3.12. The van der Waals surface area contributed by atoms with Crippen LogP contribution in [-0.2, 0) is 4.79 Å². The minimum Gasteiger partial charge on any atom is -0.340 e. The van der Waals surface area contributed by atoms with Crippen molar-refractivity contribution in [1.82, 2.24) is 4.98 Å². The molecule has 1 saturated carbocycles. The summed E-state index contributed by atoms with van der Waals surface area (Å²) in [6.07, 6.45) is 4.15. The van der Waals surface area contributed by atoms with E-state index in [1.807, 2.05) is 37.3 Å². The quantitative estimate of drug-likeness (QED) is 0.643. The predicted octanol–water partition coefficient (Wildman–Crippen LogP) is 4.38. The van der Waals surface area contributed by atoms with E-state index in [1.54, 1.807) is 29.0 Å². The zero-order valence-electron chi connectivity index (χ0n) is 19.2. The lowest BCUT2D eigenvalue weighted by Crippen LogP contribution is -2.52. The van der Waals surface area contributed by atoms with Gasteiger partial charge >= 0.3 is 0 Å². The van der Waals surface area contributed by atoms with Crippen LogP contribution in [0.3, 0.4) is 0 Å². The molecule has 0 radical (unpaired) electrons. The van der Waals surface area contributed by atoms with Crippen molar-refractivity contribution < 1.29 is 14.0 Å². The first-order chi connectivity index (χ1) is 16.5. The second-order valence-electron chi connectivity index (χ2n) is 9.42. The Hall–Kier alpha value is -3.66. The Morgan fingerprint density at radius 1 is 1.12 bits per heavy atom. The van der Waals surface area contributed by atoms with Crippen LogP contribution in [0.5, 0.6) is 0 Å². The summed E-state index contributed by atoms with van der Waals surface area (Å²) in [6, 6.07) is 10.9. The van der Waals surface area contributed by atoms with Crippen molar-refractivity contribution >= 4 is 29.1 Å². The van der Waals surface area contributed by atoms with Gasteiger partial charge in [0.2, 0.25) is 5.91 Å². The molecule has 4 aliphatic rings. The fourth-order valence-corrected chi connectivity index (χ4v) is 5.41. The summed E-state index contributed by atoms with van der Waals surface area (Å²) in [5.74, 6) is 6.84. The Bertz CT molecular complexity index is 1310. The molecule has 6 rings (SSSR count). The van der Waals surface area contributed by atoms with E-state index in [0.717, 1.165) is 29.9 Å². The number of benzene rings is 1. The summed E-state index contributed by atoms with van der Waals surface area (Å²) in [5.41, 5.74) is 2.27. The summed E-state index contributed by atoms with van der Waals surface area (Å²) in [7, 11) is 1.77. The maximum absolute atomic E-state index is 13.9. The zero-order valence-corrected chi connectivity index (χ0v) is 19.2. The highest BCUT2D eigenvalue weighted by Gasteiger charge is 2.45. The zero-order chi connectivity index (χ0) is 23.6. The summed E-state index contributed by atoms with van der Waals surface area (Å²) < 4.78 is 13.9. The van der Waals surface area contributed by atoms with Gasteiger partial charge in [-0.05, 0) is 49.9 Å². The number of amides is 2. The van der Waals surface area contributed by atoms with Crippen LogP contribution in [0.4, 0.5) is 21.7 Å². The molecule has 172 valence electrons. The molecule has 1 aromatic heterocycles. The van der Waals surface area contributed by atoms with Gasteiger partial charge < -0.3 is 9.80 Å². The highest BCUT2D eigenvalue weighted by atomic mass is 19.1. The van der Waals surface area contributed by atoms with Gasteiger partial charge in [0.25, 0.3) is 5.91 Å². The number of likely N-dealkylation sites (N-methyl/N-ethyl adjacent to an activating group) is 1. The van der Waals surface area contributed by atoms with Crippen LogP contribution in [-0.4, -0.2) is 35.9 Å². The molecular formula is C27H25FN4O2. The molecule has 3 unspecified atom stereocenters. The van der Waals surface area contributed by atoms with Gasteiger partial charge in [-0.25, -0.2) is 9.37 Å². The monoisotopic (exact) mass is 456 g/mol. The van der Waals surface area contributed by atoms with Crippen LogP contribution >= 0.6 is 0 Å². The van der Waals surface area contributed by atoms with Crippen molar-refractivity contribution in [3.8, 4) is 11.8 Å². The molecule has 34 heavy (non-hydrogen) atoms. The van der Waals surface area contributed by atoms with Gasteiger partial charge in [-0.15, -0.1) is 0 Å². The molecule has 6 nitrogen and oxygen atoms in total. The topological polar surface area (TPSA) is 56.8 Å². The molecule has 2 aliphatic carbocycles. The molecule has 0 bridgehead atoms. The van der Waals surface area contributed by atoms with Gasteiger partial charge in [-0.3, -0.25) is 14.5 Å². The van der Waals surface area contributed by atoms with Crippen molar-refractivity contribution in [1.29, 1.82) is 0 Å². The number of halogens is 1. The first-order valence-electron chi connectivity index (χ1n) is 11.8. The number of carbonyl (C=O) groups excluding carboxylic acids is 2. The number of aromatic nitrogens is 1. The molecule has 0 saturated heterocycles. The first-order valence-corrected chi connectivity index (χ1v) is 11.8. The van der Waals surface area contributed by atoms with Crippen LogP contribution in [0.1, 0.15) is 54.6 Å². The molecule has 0 spiro atoms. The van der Waals surface area contributed by atoms with E-state index >= 15 is 0 Å². The Morgan fingerprint density at radius 3 is 2.71 bits per heavy atom. The van der Waals surface area contributed by atoms with Crippen molar-refractivity contribution in [2.45, 2.75) is 50.7 Å². The number of nitrogens with zero attached hydrogens (tertiary/aromatic N) is 4. The third-order valence-electron chi connectivity index (χ3n) is 7.26. The molecule has 2 aliphatic heterocycles. The minimum atomic E-state index is -0.362. The molecule has 2 aromatic rings. The number of anilines is 3. The number of hydrogen-bond donors (Lipinski definition) is 0. The Morgan fingerprint density at radius 2 is 1.91 bits per heavy atom. The average molecular weight is 457 g/mol. The molecule has 1 fully saturated rings. The number of rotatable bonds is 3. The minimum absolute atomic E-state index is 0.0408. The van der Waals surface area contributed by atoms with E-state index in [9.17, 15) is 14.0 Å². The van der Waals surface area contributed by atoms with Gasteiger partial charge in [-0.2, -0.15) is 0 Å². The lowest BCUT2D eigenvalue weighted by molar-refractivity contribution is -0.119. The first kappa shape index (κ1) is 20.9. The largest absolute Gasteiger partial charge is 0.340 e. The Balaban J connectivity index is 1.48. The van der Waals surface area contributed by atoms with Crippen LogP contribution < -0.4 is 14.7 Å². The molecule has 3 heterocycles. The Labute approximate surface area is 198 Å². The maximum atomic E-state index is 13.9. The van der Waals surface area contributed by atoms with E-state index in [0.29, 0.717) is 17.8 Å². The molecule has 2 amide bonds. The molecular weight excluding hydrogens is 431 g/mol. The number of hydrogen-bond acceptors (Lipinski definition) is 4. The number of allylic oxidation sites excluding steroid dienone is 2. The smallest absolute Gasteiger partial charge is 0.260 e. The summed E-state index contributed by atoms with van der Waals surface area (Å²) in [6.45, 7) is 1.91. The lowest BCUT2D eigenvalue weighted by atomic mass is 9.90. The second-order valence-corrected chi connectivity index (χ2v) is 9.42. The third-order valence-corrected chi connectivity index (χ3v) is 7.26. The van der Waals surface area contributed by atoms with Crippen LogP contribution in [0.25, 0.3) is 0 Å². The Kier molecular flexibility index (Phi) is 4.73. The average Bonchev–Trinajstić information content (AvgIpc) is 3.66.